The van der Waals surface area contributed by atoms with Gasteiger partial charge in [-0.05, 0) is 30.5 Å². The number of nitriles is 1. The summed E-state index contributed by atoms with van der Waals surface area (Å²) >= 11 is 0. The summed E-state index contributed by atoms with van der Waals surface area (Å²) in [6.45, 7) is 4.24. The molecule has 0 radical (unpaired) electrons. The van der Waals surface area contributed by atoms with Gasteiger partial charge < -0.3 is 10.1 Å². The van der Waals surface area contributed by atoms with Crippen LogP contribution in [0, 0.1) is 11.3 Å². The molecule has 1 aliphatic heterocycles. The minimum absolute atomic E-state index is 0.416. The Hall–Kier alpha value is -2.28. The molecule has 0 amide bonds. The third kappa shape index (κ3) is 2.00. The van der Waals surface area contributed by atoms with E-state index >= 15 is 0 Å². The topological polar surface area (TPSA) is 57.4 Å². The molecule has 4 nitrogen and oxygen atoms in total. The molecule has 0 aromatic heterocycles. The lowest BCUT2D eigenvalue weighted by Gasteiger charge is -2.07. The fourth-order valence-electron chi connectivity index (χ4n) is 1.88. The Labute approximate surface area is 100 Å². The number of hydrogen-bond acceptors (Lipinski definition) is 4. The van der Waals surface area contributed by atoms with Gasteiger partial charge in [0, 0.05) is 19.0 Å². The summed E-state index contributed by atoms with van der Waals surface area (Å²) in [6.07, 6.45) is 0.898. The standard InChI is InChI=1S/C13H13N3O/c1-15-11(8-14)13(16-2)10-3-4-12-9(7-10)5-6-17-12/h3-4,7,15H,2,5-6H2,1H3/b13-11-. The number of rotatable bonds is 3. The molecule has 1 aliphatic rings. The van der Waals surface area contributed by atoms with E-state index in [-0.39, 0.29) is 0 Å². The van der Waals surface area contributed by atoms with Crippen LogP contribution in [-0.2, 0) is 6.42 Å². The van der Waals surface area contributed by atoms with Gasteiger partial charge in [0.2, 0.25) is 0 Å². The second-order valence-electron chi connectivity index (χ2n) is 3.66. The molecular weight excluding hydrogens is 214 g/mol. The first-order chi connectivity index (χ1) is 8.30. The van der Waals surface area contributed by atoms with Crippen molar-refractivity contribution in [3.63, 3.8) is 0 Å². The van der Waals surface area contributed by atoms with Crippen molar-refractivity contribution in [2.75, 3.05) is 13.7 Å². The normalized spacial score (nSPS) is 14.1. The quantitative estimate of drug-likeness (QED) is 0.632. The van der Waals surface area contributed by atoms with Gasteiger partial charge in [-0.3, -0.25) is 4.99 Å². The maximum absolute atomic E-state index is 9.00. The molecule has 1 aromatic carbocycles. The average molecular weight is 227 g/mol. The van der Waals surface area contributed by atoms with Crippen LogP contribution >= 0.6 is 0 Å². The zero-order valence-electron chi connectivity index (χ0n) is 9.66. The van der Waals surface area contributed by atoms with Crippen LogP contribution in [0.3, 0.4) is 0 Å². The first-order valence-corrected chi connectivity index (χ1v) is 5.35. The molecule has 17 heavy (non-hydrogen) atoms. The fraction of sp³-hybridized carbons (Fsp3) is 0.231. The predicted octanol–water partition coefficient (Wildman–Crippen LogP) is 1.73. The van der Waals surface area contributed by atoms with E-state index < -0.39 is 0 Å². The van der Waals surface area contributed by atoms with E-state index in [1.54, 1.807) is 7.05 Å². The highest BCUT2D eigenvalue weighted by Crippen LogP contribution is 2.29. The van der Waals surface area contributed by atoms with Gasteiger partial charge in [-0.2, -0.15) is 5.26 Å². The molecule has 0 spiro atoms. The Bertz CT molecular complexity index is 526. The van der Waals surface area contributed by atoms with Gasteiger partial charge in [0.1, 0.15) is 23.2 Å². The second kappa shape index (κ2) is 4.71. The summed E-state index contributed by atoms with van der Waals surface area (Å²) in [4.78, 5) is 3.93. The SMILES string of the molecule is C=N/C(=C(/C#N)NC)c1ccc2c(c1)CCO2. The van der Waals surface area contributed by atoms with Crippen molar-refractivity contribution >= 4 is 12.4 Å². The van der Waals surface area contributed by atoms with Gasteiger partial charge in [0.25, 0.3) is 0 Å². The summed E-state index contributed by atoms with van der Waals surface area (Å²) in [5, 5.41) is 11.8. The third-order valence-electron chi connectivity index (χ3n) is 2.72. The molecule has 0 bridgehead atoms. The van der Waals surface area contributed by atoms with Gasteiger partial charge in [-0.25, -0.2) is 0 Å². The number of allylic oxidation sites excluding steroid dienone is 1. The molecule has 0 saturated heterocycles. The molecule has 1 heterocycles. The first-order valence-electron chi connectivity index (χ1n) is 5.35. The van der Waals surface area contributed by atoms with Crippen molar-refractivity contribution in [1.82, 2.24) is 5.32 Å². The third-order valence-corrected chi connectivity index (χ3v) is 2.72. The maximum Gasteiger partial charge on any atom is 0.139 e. The molecule has 2 rings (SSSR count). The Morgan fingerprint density at radius 1 is 1.59 bits per heavy atom. The number of benzene rings is 1. The zero-order valence-corrected chi connectivity index (χ0v) is 9.66. The largest absolute Gasteiger partial charge is 0.493 e. The van der Waals surface area contributed by atoms with E-state index in [4.69, 9.17) is 10.00 Å². The van der Waals surface area contributed by atoms with Crippen molar-refractivity contribution < 1.29 is 4.74 Å². The minimum Gasteiger partial charge on any atom is -0.493 e. The number of nitrogens with zero attached hydrogens (tertiary/aromatic N) is 2. The highest BCUT2D eigenvalue weighted by atomic mass is 16.5. The molecule has 0 unspecified atom stereocenters. The minimum atomic E-state index is 0.416. The van der Waals surface area contributed by atoms with Crippen molar-refractivity contribution in [2.45, 2.75) is 6.42 Å². The van der Waals surface area contributed by atoms with Crippen molar-refractivity contribution in [3.8, 4) is 11.8 Å². The van der Waals surface area contributed by atoms with Crippen molar-refractivity contribution in [2.24, 2.45) is 4.99 Å². The van der Waals surface area contributed by atoms with Crippen LogP contribution < -0.4 is 10.1 Å². The molecule has 0 fully saturated rings. The molecule has 0 aliphatic carbocycles. The van der Waals surface area contributed by atoms with Crippen LogP contribution in [0.25, 0.3) is 5.70 Å². The highest BCUT2D eigenvalue weighted by molar-refractivity contribution is 5.74. The van der Waals surface area contributed by atoms with Crippen molar-refractivity contribution in [3.05, 3.63) is 35.0 Å². The van der Waals surface area contributed by atoms with Gasteiger partial charge in [-0.15, -0.1) is 0 Å². The van der Waals surface area contributed by atoms with Gasteiger partial charge in [0.15, 0.2) is 0 Å². The van der Waals surface area contributed by atoms with Crippen LogP contribution in [0.5, 0.6) is 5.75 Å². The number of fused-ring (bicyclic) bond motifs is 1. The molecular formula is C13H13N3O. The number of hydrogen-bond donors (Lipinski definition) is 1. The molecule has 0 saturated carbocycles. The second-order valence-corrected chi connectivity index (χ2v) is 3.66. The summed E-state index contributed by atoms with van der Waals surface area (Å²) in [5.74, 6) is 0.917. The van der Waals surface area contributed by atoms with E-state index in [2.05, 4.69) is 23.1 Å². The van der Waals surface area contributed by atoms with Crippen molar-refractivity contribution in [1.29, 1.82) is 5.26 Å². The smallest absolute Gasteiger partial charge is 0.139 e. The molecule has 86 valence electrons. The average Bonchev–Trinajstić information content (AvgIpc) is 2.82. The molecule has 1 aromatic rings. The molecule has 0 atom stereocenters. The van der Waals surface area contributed by atoms with Crippen LogP contribution in [0.1, 0.15) is 11.1 Å². The number of ether oxygens (including phenoxy) is 1. The Kier molecular flexibility index (Phi) is 3.10. The van der Waals surface area contributed by atoms with Gasteiger partial charge in [-0.1, -0.05) is 0 Å². The lowest BCUT2D eigenvalue weighted by Crippen LogP contribution is -2.06. The molecule has 1 N–H and O–H groups in total. The lowest BCUT2D eigenvalue weighted by molar-refractivity contribution is 0.357. The Morgan fingerprint density at radius 2 is 2.41 bits per heavy atom. The van der Waals surface area contributed by atoms with E-state index in [1.165, 1.54) is 0 Å². The number of aliphatic imine (C=N–C) groups is 1. The van der Waals surface area contributed by atoms with Crippen LogP contribution in [0.4, 0.5) is 0 Å². The highest BCUT2D eigenvalue weighted by Gasteiger charge is 2.14. The fourth-order valence-corrected chi connectivity index (χ4v) is 1.88. The number of nitrogens with one attached hydrogen (secondary N) is 1. The summed E-state index contributed by atoms with van der Waals surface area (Å²) in [5.41, 5.74) is 3.02. The van der Waals surface area contributed by atoms with E-state index in [9.17, 15) is 0 Å². The van der Waals surface area contributed by atoms with E-state index in [0.29, 0.717) is 11.4 Å². The Balaban J connectivity index is 2.49. The zero-order chi connectivity index (χ0) is 12.3. The maximum atomic E-state index is 9.00. The first kappa shape index (κ1) is 11.2. The lowest BCUT2D eigenvalue weighted by atomic mass is 10.1. The van der Waals surface area contributed by atoms with E-state index in [0.717, 1.165) is 29.9 Å². The molecule has 4 heteroatoms. The summed E-state index contributed by atoms with van der Waals surface area (Å²) in [6, 6.07) is 7.88. The van der Waals surface area contributed by atoms with Crippen LogP contribution in [0.15, 0.2) is 28.9 Å². The van der Waals surface area contributed by atoms with E-state index in [1.807, 2.05) is 18.2 Å². The van der Waals surface area contributed by atoms with Crippen LogP contribution in [-0.4, -0.2) is 20.4 Å². The predicted molar refractivity (Wildman–Crippen MR) is 66.8 cm³/mol. The van der Waals surface area contributed by atoms with Crippen LogP contribution in [0.2, 0.25) is 0 Å². The monoisotopic (exact) mass is 227 g/mol. The summed E-state index contributed by atoms with van der Waals surface area (Å²) in [7, 11) is 1.69. The van der Waals surface area contributed by atoms with Gasteiger partial charge in [0.05, 0.1) is 6.61 Å². The Morgan fingerprint density at radius 3 is 3.06 bits per heavy atom. The van der Waals surface area contributed by atoms with Gasteiger partial charge >= 0.3 is 0 Å². The summed E-state index contributed by atoms with van der Waals surface area (Å²) < 4.78 is 5.44.